The van der Waals surface area contributed by atoms with Crippen LogP contribution in [0.4, 0.5) is 0 Å². The van der Waals surface area contributed by atoms with E-state index in [0.717, 1.165) is 17.9 Å². The fourth-order valence-corrected chi connectivity index (χ4v) is 2.94. The Kier molecular flexibility index (Phi) is 5.51. The van der Waals surface area contributed by atoms with Gasteiger partial charge in [0, 0.05) is 10.9 Å². The third-order valence-electron chi connectivity index (χ3n) is 3.64. The van der Waals surface area contributed by atoms with Crippen molar-refractivity contribution in [3.05, 3.63) is 69.7 Å². The molecule has 1 atom stereocenters. The Labute approximate surface area is 131 Å². The summed E-state index contributed by atoms with van der Waals surface area (Å²) in [6, 6.07) is 14.7. The predicted molar refractivity (Wildman–Crippen MR) is 89.0 cm³/mol. The maximum atomic E-state index is 6.17. The Balaban J connectivity index is 2.11. The highest BCUT2D eigenvalue weighted by molar-refractivity contribution is 6.30. The van der Waals surface area contributed by atoms with Crippen molar-refractivity contribution in [3.63, 3.8) is 0 Å². The first-order valence-corrected chi connectivity index (χ1v) is 7.86. The van der Waals surface area contributed by atoms with Crippen LogP contribution in [0.5, 0.6) is 0 Å². The van der Waals surface area contributed by atoms with E-state index >= 15 is 0 Å². The molecule has 0 amide bonds. The number of aryl methyl sites for hydroxylation is 2. The molecule has 0 N–H and O–H groups in total. The smallest absolute Gasteiger partial charge is 0.0408 e. The van der Waals surface area contributed by atoms with E-state index in [1.165, 1.54) is 22.3 Å². The average molecular weight is 307 g/mol. The molecular weight excluding hydrogens is 287 g/mol. The SMILES string of the molecule is Cc1ccc(C)c(CC(CCl)Cc2cccc(Cl)c2)c1. The molecule has 0 aliphatic rings. The zero-order valence-electron chi connectivity index (χ0n) is 12.0. The summed E-state index contributed by atoms with van der Waals surface area (Å²) in [4.78, 5) is 0. The van der Waals surface area contributed by atoms with Crippen LogP contribution in [0.1, 0.15) is 22.3 Å². The van der Waals surface area contributed by atoms with Crippen LogP contribution >= 0.6 is 23.2 Å². The molecule has 0 radical (unpaired) electrons. The summed E-state index contributed by atoms with van der Waals surface area (Å²) in [7, 11) is 0. The van der Waals surface area contributed by atoms with Gasteiger partial charge in [-0.3, -0.25) is 0 Å². The highest BCUT2D eigenvalue weighted by Crippen LogP contribution is 2.21. The number of benzene rings is 2. The summed E-state index contributed by atoms with van der Waals surface area (Å²) in [5, 5.41) is 0.794. The summed E-state index contributed by atoms with van der Waals surface area (Å²) in [6.07, 6.45) is 1.99. The molecule has 106 valence electrons. The van der Waals surface area contributed by atoms with E-state index in [2.05, 4.69) is 38.1 Å². The second kappa shape index (κ2) is 7.15. The largest absolute Gasteiger partial charge is 0.126 e. The van der Waals surface area contributed by atoms with Crippen LogP contribution in [0.25, 0.3) is 0 Å². The average Bonchev–Trinajstić information content (AvgIpc) is 2.42. The molecule has 0 aliphatic heterocycles. The van der Waals surface area contributed by atoms with Crippen LogP contribution in [0.2, 0.25) is 5.02 Å². The van der Waals surface area contributed by atoms with Crippen molar-refractivity contribution < 1.29 is 0 Å². The zero-order chi connectivity index (χ0) is 14.5. The van der Waals surface area contributed by atoms with Gasteiger partial charge in [-0.1, -0.05) is 47.5 Å². The van der Waals surface area contributed by atoms with Crippen LogP contribution in [0.15, 0.2) is 42.5 Å². The lowest BCUT2D eigenvalue weighted by Gasteiger charge is -2.16. The van der Waals surface area contributed by atoms with Crippen molar-refractivity contribution in [1.82, 2.24) is 0 Å². The lowest BCUT2D eigenvalue weighted by atomic mass is 9.91. The minimum Gasteiger partial charge on any atom is -0.126 e. The molecule has 2 rings (SSSR count). The van der Waals surface area contributed by atoms with E-state index in [1.54, 1.807) is 0 Å². The highest BCUT2D eigenvalue weighted by Gasteiger charge is 2.11. The van der Waals surface area contributed by atoms with Crippen molar-refractivity contribution in [2.45, 2.75) is 26.7 Å². The second-order valence-electron chi connectivity index (χ2n) is 5.49. The first-order chi connectivity index (χ1) is 9.58. The van der Waals surface area contributed by atoms with E-state index in [0.29, 0.717) is 11.8 Å². The van der Waals surface area contributed by atoms with Gasteiger partial charge in [0.05, 0.1) is 0 Å². The lowest BCUT2D eigenvalue weighted by molar-refractivity contribution is 0.582. The highest BCUT2D eigenvalue weighted by atomic mass is 35.5. The van der Waals surface area contributed by atoms with Gasteiger partial charge in [-0.25, -0.2) is 0 Å². The third-order valence-corrected chi connectivity index (χ3v) is 4.32. The van der Waals surface area contributed by atoms with Gasteiger partial charge in [-0.05, 0) is 61.4 Å². The van der Waals surface area contributed by atoms with Gasteiger partial charge >= 0.3 is 0 Å². The summed E-state index contributed by atoms with van der Waals surface area (Å²) in [5.41, 5.74) is 5.31. The minimum absolute atomic E-state index is 0.440. The summed E-state index contributed by atoms with van der Waals surface area (Å²) < 4.78 is 0. The second-order valence-corrected chi connectivity index (χ2v) is 6.23. The molecule has 0 bridgehead atoms. The van der Waals surface area contributed by atoms with Crippen molar-refractivity contribution in [1.29, 1.82) is 0 Å². The molecule has 0 fully saturated rings. The molecule has 0 heterocycles. The maximum Gasteiger partial charge on any atom is 0.0408 e. The van der Waals surface area contributed by atoms with E-state index in [1.807, 2.05) is 18.2 Å². The zero-order valence-corrected chi connectivity index (χ0v) is 13.5. The van der Waals surface area contributed by atoms with Gasteiger partial charge in [-0.15, -0.1) is 11.6 Å². The molecule has 2 heteroatoms. The number of hydrogen-bond acceptors (Lipinski definition) is 0. The van der Waals surface area contributed by atoms with E-state index in [4.69, 9.17) is 23.2 Å². The summed E-state index contributed by atoms with van der Waals surface area (Å²) >= 11 is 12.2. The quantitative estimate of drug-likeness (QED) is 0.631. The molecule has 2 aromatic rings. The first-order valence-electron chi connectivity index (χ1n) is 6.95. The number of halogens is 2. The van der Waals surface area contributed by atoms with Crippen molar-refractivity contribution in [2.75, 3.05) is 5.88 Å². The van der Waals surface area contributed by atoms with Crippen molar-refractivity contribution in [3.8, 4) is 0 Å². The molecule has 0 nitrogen and oxygen atoms in total. The van der Waals surface area contributed by atoms with Crippen molar-refractivity contribution >= 4 is 23.2 Å². The Bertz CT molecular complexity index is 575. The van der Waals surface area contributed by atoms with E-state index < -0.39 is 0 Å². The molecule has 2 aromatic carbocycles. The van der Waals surface area contributed by atoms with Crippen LogP contribution < -0.4 is 0 Å². The van der Waals surface area contributed by atoms with Gasteiger partial charge in [0.1, 0.15) is 0 Å². The van der Waals surface area contributed by atoms with Gasteiger partial charge in [0.15, 0.2) is 0 Å². The standard InChI is InChI=1S/C18H20Cl2/c1-13-6-7-14(2)17(8-13)10-16(12-19)9-15-4-3-5-18(20)11-15/h3-8,11,16H,9-10,12H2,1-2H3. The Morgan fingerprint density at radius 3 is 2.50 bits per heavy atom. The van der Waals surface area contributed by atoms with Gasteiger partial charge < -0.3 is 0 Å². The molecular formula is C18H20Cl2. The molecule has 20 heavy (non-hydrogen) atoms. The normalized spacial score (nSPS) is 12.4. The van der Waals surface area contributed by atoms with Crippen molar-refractivity contribution in [2.24, 2.45) is 5.92 Å². The van der Waals surface area contributed by atoms with Crippen LogP contribution in [-0.4, -0.2) is 5.88 Å². The fraction of sp³-hybridized carbons (Fsp3) is 0.333. The van der Waals surface area contributed by atoms with Crippen LogP contribution in [-0.2, 0) is 12.8 Å². The number of alkyl halides is 1. The molecule has 0 saturated heterocycles. The van der Waals surface area contributed by atoms with Gasteiger partial charge in [0.2, 0.25) is 0 Å². The van der Waals surface area contributed by atoms with Crippen LogP contribution in [0, 0.1) is 19.8 Å². The Morgan fingerprint density at radius 1 is 1.00 bits per heavy atom. The third kappa shape index (κ3) is 4.26. The lowest BCUT2D eigenvalue weighted by Crippen LogP contribution is -2.11. The molecule has 0 aromatic heterocycles. The predicted octanol–water partition coefficient (Wildman–Crippen LogP) is 5.60. The maximum absolute atomic E-state index is 6.17. The molecule has 0 aliphatic carbocycles. The van der Waals surface area contributed by atoms with E-state index in [-0.39, 0.29) is 0 Å². The van der Waals surface area contributed by atoms with Crippen LogP contribution in [0.3, 0.4) is 0 Å². The topological polar surface area (TPSA) is 0 Å². The minimum atomic E-state index is 0.440. The molecule has 0 saturated carbocycles. The van der Waals surface area contributed by atoms with Gasteiger partial charge in [0.25, 0.3) is 0 Å². The summed E-state index contributed by atoms with van der Waals surface area (Å²) in [5.74, 6) is 1.11. The van der Waals surface area contributed by atoms with E-state index in [9.17, 15) is 0 Å². The molecule has 1 unspecified atom stereocenters. The number of rotatable bonds is 5. The monoisotopic (exact) mass is 306 g/mol. The Hall–Kier alpha value is -0.980. The summed E-state index contributed by atoms with van der Waals surface area (Å²) in [6.45, 7) is 4.30. The Morgan fingerprint density at radius 2 is 1.80 bits per heavy atom. The molecule has 0 spiro atoms. The van der Waals surface area contributed by atoms with Gasteiger partial charge in [-0.2, -0.15) is 0 Å². The fourth-order valence-electron chi connectivity index (χ4n) is 2.51. The first kappa shape index (κ1) is 15.4. The number of hydrogen-bond donors (Lipinski definition) is 0.